The molecule has 2 aromatic carbocycles. The summed E-state index contributed by atoms with van der Waals surface area (Å²) in [4.78, 5) is 40.1. The van der Waals surface area contributed by atoms with Crippen molar-refractivity contribution in [2.24, 2.45) is 5.92 Å². The number of anilines is 1. The Balaban J connectivity index is 1.92. The summed E-state index contributed by atoms with van der Waals surface area (Å²) in [6.07, 6.45) is 0.746. The fourth-order valence-electron chi connectivity index (χ4n) is 3.71. The Morgan fingerprint density at radius 3 is 2.53 bits per heavy atom. The van der Waals surface area contributed by atoms with Crippen molar-refractivity contribution < 1.29 is 19.1 Å². The van der Waals surface area contributed by atoms with Gasteiger partial charge in [0.05, 0.1) is 18.2 Å². The third-order valence-corrected chi connectivity index (χ3v) is 5.65. The van der Waals surface area contributed by atoms with Crippen molar-refractivity contribution in [1.82, 2.24) is 10.2 Å². The van der Waals surface area contributed by atoms with Gasteiger partial charge in [-0.15, -0.1) is 0 Å². The number of nitrogens with one attached hydrogen (secondary N) is 2. The Labute approximate surface area is 205 Å². The first-order valence-corrected chi connectivity index (χ1v) is 11.7. The van der Waals surface area contributed by atoms with E-state index in [2.05, 4.69) is 10.6 Å². The number of amides is 3. The molecule has 0 fully saturated rings. The van der Waals surface area contributed by atoms with Gasteiger partial charge in [0.1, 0.15) is 0 Å². The topological polar surface area (TPSA) is 87.7 Å². The van der Waals surface area contributed by atoms with E-state index in [1.807, 2.05) is 20.8 Å². The summed E-state index contributed by atoms with van der Waals surface area (Å²) in [5, 5.41) is 6.34. The quantitative estimate of drug-likeness (QED) is 0.482. The lowest BCUT2D eigenvalue weighted by Gasteiger charge is -2.35. The number of allylic oxidation sites excluding steroid dienone is 1. The number of carbonyl (C=O) groups excluding carboxylic acids is 3. The number of nitrogens with zero attached hydrogens (tertiary/aromatic N) is 1. The number of ether oxygens (including phenoxy) is 1. The summed E-state index contributed by atoms with van der Waals surface area (Å²) in [5.74, 6) is -0.577. The second kappa shape index (κ2) is 11.2. The number of carbonyl (C=O) groups is 3. The molecule has 0 spiro atoms. The molecular formula is C26H30ClN3O4. The molecule has 1 heterocycles. The van der Waals surface area contributed by atoms with Gasteiger partial charge in [-0.2, -0.15) is 0 Å². The minimum Gasteiger partial charge on any atom is -0.462 e. The lowest BCUT2D eigenvalue weighted by atomic mass is 9.94. The van der Waals surface area contributed by atoms with Crippen LogP contribution in [0.25, 0.3) is 0 Å². The maximum atomic E-state index is 13.1. The molecule has 0 bridgehead atoms. The molecule has 0 saturated heterocycles. The highest BCUT2D eigenvalue weighted by atomic mass is 35.5. The van der Waals surface area contributed by atoms with Crippen LogP contribution < -0.4 is 10.6 Å². The van der Waals surface area contributed by atoms with E-state index in [0.29, 0.717) is 39.7 Å². The summed E-state index contributed by atoms with van der Waals surface area (Å²) in [7, 11) is 0. The molecule has 1 aliphatic rings. The van der Waals surface area contributed by atoms with Gasteiger partial charge in [-0.1, -0.05) is 44.5 Å². The van der Waals surface area contributed by atoms with Gasteiger partial charge in [0.2, 0.25) is 0 Å². The number of urea groups is 1. The summed E-state index contributed by atoms with van der Waals surface area (Å²) in [6, 6.07) is 12.7. The van der Waals surface area contributed by atoms with Crippen molar-refractivity contribution in [3.05, 3.63) is 76.0 Å². The van der Waals surface area contributed by atoms with E-state index < -0.39 is 12.0 Å². The van der Waals surface area contributed by atoms with Crippen molar-refractivity contribution in [3.8, 4) is 0 Å². The Hall–Kier alpha value is -3.32. The molecule has 2 aromatic rings. The first kappa shape index (κ1) is 25.3. The van der Waals surface area contributed by atoms with Crippen LogP contribution in [0.15, 0.2) is 59.8 Å². The lowest BCUT2D eigenvalue weighted by Crippen LogP contribution is -2.48. The van der Waals surface area contributed by atoms with Crippen molar-refractivity contribution in [2.45, 2.75) is 40.2 Å². The molecule has 1 aliphatic heterocycles. The van der Waals surface area contributed by atoms with E-state index in [-0.39, 0.29) is 24.5 Å². The van der Waals surface area contributed by atoms with Gasteiger partial charge >= 0.3 is 12.0 Å². The van der Waals surface area contributed by atoms with Gasteiger partial charge in [-0.25, -0.2) is 9.59 Å². The van der Waals surface area contributed by atoms with Crippen molar-refractivity contribution in [2.75, 3.05) is 18.5 Å². The molecular weight excluding hydrogens is 454 g/mol. The van der Waals surface area contributed by atoms with Crippen LogP contribution in [0, 0.1) is 5.92 Å². The Kier molecular flexibility index (Phi) is 8.34. The smallest absolute Gasteiger partial charge is 0.338 e. The predicted octanol–water partition coefficient (Wildman–Crippen LogP) is 5.54. The molecule has 0 saturated carbocycles. The third-order valence-electron chi connectivity index (χ3n) is 5.40. The number of esters is 1. The summed E-state index contributed by atoms with van der Waals surface area (Å²) in [5.41, 5.74) is 2.61. The van der Waals surface area contributed by atoms with Crippen LogP contribution in [0.4, 0.5) is 10.5 Å². The standard InChI is InChI=1S/C26H30ClN3O4/c1-5-13-30-17(4)22(25(32)34-15-16(2)3)23(29-26(30)33)19-7-6-8-21(14-19)28-24(31)18-9-11-20(27)12-10-18/h6-12,14,16,23H,5,13,15H2,1-4H3,(H,28,31)(H,29,33). The molecule has 0 aromatic heterocycles. The van der Waals surface area contributed by atoms with Gasteiger partial charge in [-0.05, 0) is 61.2 Å². The SMILES string of the molecule is CCCN1C(=O)NC(c2cccc(NC(=O)c3ccc(Cl)cc3)c2)C(C(=O)OCC(C)C)=C1C. The molecule has 1 unspecified atom stereocenters. The minimum absolute atomic E-state index is 0.180. The van der Waals surface area contributed by atoms with Gasteiger partial charge in [0, 0.05) is 28.5 Å². The molecule has 3 amide bonds. The second-order valence-electron chi connectivity index (χ2n) is 8.61. The summed E-state index contributed by atoms with van der Waals surface area (Å²) >= 11 is 5.90. The van der Waals surface area contributed by atoms with E-state index in [9.17, 15) is 14.4 Å². The molecule has 180 valence electrons. The first-order chi connectivity index (χ1) is 16.2. The second-order valence-corrected chi connectivity index (χ2v) is 9.05. The molecule has 8 heteroatoms. The van der Waals surface area contributed by atoms with Crippen LogP contribution in [0.5, 0.6) is 0 Å². The van der Waals surface area contributed by atoms with Crippen LogP contribution >= 0.6 is 11.6 Å². The van der Waals surface area contributed by atoms with Crippen molar-refractivity contribution in [3.63, 3.8) is 0 Å². The summed E-state index contributed by atoms with van der Waals surface area (Å²) in [6.45, 7) is 8.43. The van der Waals surface area contributed by atoms with E-state index in [1.165, 1.54) is 0 Å². The van der Waals surface area contributed by atoms with Crippen molar-refractivity contribution in [1.29, 1.82) is 0 Å². The Morgan fingerprint density at radius 2 is 1.88 bits per heavy atom. The van der Waals surface area contributed by atoms with E-state index in [0.717, 1.165) is 6.42 Å². The largest absolute Gasteiger partial charge is 0.462 e. The minimum atomic E-state index is -0.701. The van der Waals surface area contributed by atoms with Gasteiger partial charge in [0.25, 0.3) is 5.91 Å². The lowest BCUT2D eigenvalue weighted by molar-refractivity contribution is -0.140. The average Bonchev–Trinajstić information content (AvgIpc) is 2.80. The van der Waals surface area contributed by atoms with E-state index >= 15 is 0 Å². The fraction of sp³-hybridized carbons (Fsp3) is 0.346. The number of hydrogen-bond donors (Lipinski definition) is 2. The zero-order valence-corrected chi connectivity index (χ0v) is 20.6. The van der Waals surface area contributed by atoms with Crippen LogP contribution in [-0.2, 0) is 9.53 Å². The molecule has 2 N–H and O–H groups in total. The van der Waals surface area contributed by atoms with Crippen LogP contribution in [0.1, 0.15) is 56.1 Å². The van der Waals surface area contributed by atoms with Crippen LogP contribution in [-0.4, -0.2) is 36.0 Å². The summed E-state index contributed by atoms with van der Waals surface area (Å²) < 4.78 is 5.53. The monoisotopic (exact) mass is 483 g/mol. The van der Waals surface area contributed by atoms with Crippen molar-refractivity contribution >= 4 is 35.2 Å². The predicted molar refractivity (Wildman–Crippen MR) is 133 cm³/mol. The highest BCUT2D eigenvalue weighted by molar-refractivity contribution is 6.30. The van der Waals surface area contributed by atoms with Crippen LogP contribution in [0.2, 0.25) is 5.02 Å². The number of halogens is 1. The highest BCUT2D eigenvalue weighted by Crippen LogP contribution is 2.32. The van der Waals surface area contributed by atoms with Gasteiger partial charge < -0.3 is 15.4 Å². The molecule has 1 atom stereocenters. The maximum absolute atomic E-state index is 13.1. The number of hydrogen-bond acceptors (Lipinski definition) is 4. The Bertz CT molecular complexity index is 1100. The normalized spacial score (nSPS) is 15.9. The fourth-order valence-corrected chi connectivity index (χ4v) is 3.84. The Morgan fingerprint density at radius 1 is 1.18 bits per heavy atom. The number of benzene rings is 2. The molecule has 0 radical (unpaired) electrons. The number of rotatable bonds is 8. The van der Waals surface area contributed by atoms with E-state index in [4.69, 9.17) is 16.3 Å². The molecule has 34 heavy (non-hydrogen) atoms. The molecule has 0 aliphatic carbocycles. The third kappa shape index (κ3) is 5.97. The van der Waals surface area contributed by atoms with Crippen LogP contribution in [0.3, 0.4) is 0 Å². The van der Waals surface area contributed by atoms with Gasteiger partial charge in [0.15, 0.2) is 0 Å². The van der Waals surface area contributed by atoms with E-state index in [1.54, 1.807) is 60.4 Å². The highest BCUT2D eigenvalue weighted by Gasteiger charge is 2.36. The molecule has 3 rings (SSSR count). The zero-order chi connectivity index (χ0) is 24.8. The maximum Gasteiger partial charge on any atom is 0.338 e. The zero-order valence-electron chi connectivity index (χ0n) is 19.9. The van der Waals surface area contributed by atoms with Gasteiger partial charge in [-0.3, -0.25) is 9.69 Å². The molecule has 7 nitrogen and oxygen atoms in total. The average molecular weight is 484 g/mol. The first-order valence-electron chi connectivity index (χ1n) is 11.3.